The summed E-state index contributed by atoms with van der Waals surface area (Å²) in [7, 11) is 0. The first-order valence-electron chi connectivity index (χ1n) is 7.74. The molecule has 1 fully saturated rings. The number of likely N-dealkylation sites (tertiary alicyclic amines) is 1. The number of carbonyl (C=O) groups excluding carboxylic acids is 1. The molecule has 1 saturated heterocycles. The molecule has 0 N–H and O–H groups in total. The van der Waals surface area contributed by atoms with Crippen LogP contribution in [0.15, 0.2) is 12.3 Å². The molecule has 1 aromatic rings. The van der Waals surface area contributed by atoms with Crippen molar-refractivity contribution < 1.29 is 9.72 Å². The van der Waals surface area contributed by atoms with Crippen molar-refractivity contribution in [2.75, 3.05) is 26.2 Å². The second-order valence-electron chi connectivity index (χ2n) is 5.49. The Hall–Kier alpha value is -1.96. The highest BCUT2D eigenvalue weighted by Gasteiger charge is 2.29. The van der Waals surface area contributed by atoms with Gasteiger partial charge in [-0.2, -0.15) is 0 Å². The predicted octanol–water partition coefficient (Wildman–Crippen LogP) is 1.33. The molecule has 0 bridgehead atoms. The summed E-state index contributed by atoms with van der Waals surface area (Å²) in [5, 5.41) is 14.9. The monoisotopic (exact) mass is 309 g/mol. The van der Waals surface area contributed by atoms with Crippen molar-refractivity contribution in [1.82, 2.24) is 19.6 Å². The first-order chi connectivity index (χ1) is 10.6. The second kappa shape index (κ2) is 7.35. The number of aromatic nitrogens is 2. The molecule has 2 heterocycles. The molecule has 0 atom stereocenters. The smallest absolute Gasteiger partial charge is 0.346 e. The van der Waals surface area contributed by atoms with Crippen LogP contribution in [0.1, 0.15) is 26.7 Å². The van der Waals surface area contributed by atoms with Gasteiger partial charge in [-0.15, -0.1) is 4.68 Å². The average molecular weight is 309 g/mol. The second-order valence-corrected chi connectivity index (χ2v) is 5.49. The zero-order valence-electron chi connectivity index (χ0n) is 13.1. The minimum atomic E-state index is -0.427. The zero-order valence-corrected chi connectivity index (χ0v) is 13.1. The van der Waals surface area contributed by atoms with Crippen molar-refractivity contribution in [3.05, 3.63) is 22.4 Å². The van der Waals surface area contributed by atoms with Gasteiger partial charge in [-0.3, -0.25) is 9.69 Å². The molecule has 0 aliphatic carbocycles. The number of piperidine rings is 1. The van der Waals surface area contributed by atoms with Gasteiger partial charge in [0.15, 0.2) is 6.67 Å². The molecule has 8 nitrogen and oxygen atoms in total. The lowest BCUT2D eigenvalue weighted by Crippen LogP contribution is -2.43. The molecule has 0 unspecified atom stereocenters. The first-order valence-corrected chi connectivity index (χ1v) is 7.74. The van der Waals surface area contributed by atoms with E-state index in [2.05, 4.69) is 10.00 Å². The highest BCUT2D eigenvalue weighted by atomic mass is 16.6. The van der Waals surface area contributed by atoms with Crippen molar-refractivity contribution in [2.45, 2.75) is 33.4 Å². The van der Waals surface area contributed by atoms with Crippen LogP contribution in [0.4, 0.5) is 5.82 Å². The highest BCUT2D eigenvalue weighted by molar-refractivity contribution is 5.78. The molecule has 22 heavy (non-hydrogen) atoms. The molecule has 1 aliphatic rings. The van der Waals surface area contributed by atoms with E-state index in [9.17, 15) is 14.9 Å². The van der Waals surface area contributed by atoms with Gasteiger partial charge in [0.25, 0.3) is 0 Å². The van der Waals surface area contributed by atoms with Crippen LogP contribution in [0.2, 0.25) is 0 Å². The zero-order chi connectivity index (χ0) is 16.1. The Morgan fingerprint density at radius 2 is 2.05 bits per heavy atom. The lowest BCUT2D eigenvalue weighted by molar-refractivity contribution is -0.393. The Kier molecular flexibility index (Phi) is 5.48. The van der Waals surface area contributed by atoms with E-state index in [1.165, 1.54) is 16.9 Å². The molecule has 0 spiro atoms. The summed E-state index contributed by atoms with van der Waals surface area (Å²) in [6.07, 6.45) is 3.03. The third-order valence-electron chi connectivity index (χ3n) is 4.23. The summed E-state index contributed by atoms with van der Waals surface area (Å²) < 4.78 is 1.40. The van der Waals surface area contributed by atoms with Gasteiger partial charge < -0.3 is 15.0 Å². The normalized spacial score (nSPS) is 16.6. The SMILES string of the molecule is CCN(CC)C(=O)C1CCN(Cn2nccc2[N+](=O)[O-])CC1. The van der Waals surface area contributed by atoms with Gasteiger partial charge >= 0.3 is 5.82 Å². The number of carbonyl (C=O) groups is 1. The fraction of sp³-hybridized carbons (Fsp3) is 0.714. The molecule has 1 aromatic heterocycles. The van der Waals surface area contributed by atoms with Crippen molar-refractivity contribution in [3.8, 4) is 0 Å². The number of hydrogen-bond donors (Lipinski definition) is 0. The minimum Gasteiger partial charge on any atom is -0.358 e. The van der Waals surface area contributed by atoms with Gasteiger partial charge in [-0.05, 0) is 31.6 Å². The molecule has 0 radical (unpaired) electrons. The van der Waals surface area contributed by atoms with Crippen LogP contribution in [0, 0.1) is 16.0 Å². The predicted molar refractivity (Wildman–Crippen MR) is 81.1 cm³/mol. The van der Waals surface area contributed by atoms with Crippen molar-refractivity contribution in [2.24, 2.45) is 5.92 Å². The van der Waals surface area contributed by atoms with Gasteiger partial charge in [-0.1, -0.05) is 5.10 Å². The molecule has 8 heteroatoms. The number of nitro groups is 1. The summed E-state index contributed by atoms with van der Waals surface area (Å²) in [6.45, 7) is 7.39. The highest BCUT2D eigenvalue weighted by Crippen LogP contribution is 2.21. The van der Waals surface area contributed by atoms with E-state index in [0.717, 1.165) is 39.0 Å². The van der Waals surface area contributed by atoms with E-state index >= 15 is 0 Å². The van der Waals surface area contributed by atoms with Crippen LogP contribution >= 0.6 is 0 Å². The van der Waals surface area contributed by atoms with Gasteiger partial charge in [0.05, 0.1) is 12.3 Å². The molecular weight excluding hydrogens is 286 g/mol. The number of amides is 1. The first kappa shape index (κ1) is 16.4. The standard InChI is InChI=1S/C14H23N5O3/c1-3-17(4-2)14(20)12-6-9-16(10-7-12)11-18-13(19(21)22)5-8-15-18/h5,8,12H,3-4,6-7,9-11H2,1-2H3. The maximum Gasteiger partial charge on any atom is 0.346 e. The Labute approximate surface area is 129 Å². The van der Waals surface area contributed by atoms with E-state index in [0.29, 0.717) is 6.67 Å². The van der Waals surface area contributed by atoms with Crippen molar-refractivity contribution >= 4 is 11.7 Å². The molecule has 1 aliphatic heterocycles. The quantitative estimate of drug-likeness (QED) is 0.584. The van der Waals surface area contributed by atoms with Crippen LogP contribution in [-0.2, 0) is 11.5 Å². The van der Waals surface area contributed by atoms with Crippen LogP contribution in [0.25, 0.3) is 0 Å². The van der Waals surface area contributed by atoms with Crippen LogP contribution in [-0.4, -0.2) is 56.6 Å². The molecule has 2 rings (SSSR count). The fourth-order valence-corrected chi connectivity index (χ4v) is 2.89. The number of nitrogens with zero attached hydrogens (tertiary/aromatic N) is 5. The topological polar surface area (TPSA) is 84.5 Å². The van der Waals surface area contributed by atoms with Crippen molar-refractivity contribution in [3.63, 3.8) is 0 Å². The van der Waals surface area contributed by atoms with Crippen LogP contribution < -0.4 is 0 Å². The van der Waals surface area contributed by atoms with Crippen LogP contribution in [0.5, 0.6) is 0 Å². The third-order valence-corrected chi connectivity index (χ3v) is 4.23. The van der Waals surface area contributed by atoms with E-state index < -0.39 is 4.92 Å². The number of rotatable bonds is 6. The van der Waals surface area contributed by atoms with Gasteiger partial charge in [-0.25, -0.2) is 0 Å². The van der Waals surface area contributed by atoms with Gasteiger partial charge in [0.1, 0.15) is 0 Å². The number of hydrogen-bond acceptors (Lipinski definition) is 5. The molecule has 0 saturated carbocycles. The van der Waals surface area contributed by atoms with E-state index in [1.807, 2.05) is 18.7 Å². The Bertz CT molecular complexity index is 518. The maximum absolute atomic E-state index is 12.3. The summed E-state index contributed by atoms with van der Waals surface area (Å²) in [5.74, 6) is 0.305. The molecule has 0 aromatic carbocycles. The summed E-state index contributed by atoms with van der Waals surface area (Å²) in [4.78, 5) is 26.8. The summed E-state index contributed by atoms with van der Waals surface area (Å²) >= 11 is 0. The third kappa shape index (κ3) is 3.62. The van der Waals surface area contributed by atoms with E-state index in [-0.39, 0.29) is 17.6 Å². The Morgan fingerprint density at radius 1 is 1.41 bits per heavy atom. The van der Waals surface area contributed by atoms with Gasteiger partial charge in [0.2, 0.25) is 5.91 Å². The molecular formula is C14H23N5O3. The minimum absolute atomic E-state index is 0.00124. The Balaban J connectivity index is 1.88. The lowest BCUT2D eigenvalue weighted by atomic mass is 9.95. The fourth-order valence-electron chi connectivity index (χ4n) is 2.89. The molecule has 122 valence electrons. The van der Waals surface area contributed by atoms with Crippen molar-refractivity contribution in [1.29, 1.82) is 0 Å². The average Bonchev–Trinajstić information content (AvgIpc) is 2.97. The van der Waals surface area contributed by atoms with E-state index in [1.54, 1.807) is 0 Å². The van der Waals surface area contributed by atoms with E-state index in [4.69, 9.17) is 0 Å². The maximum atomic E-state index is 12.3. The summed E-state index contributed by atoms with van der Waals surface area (Å²) in [5.41, 5.74) is 0. The Morgan fingerprint density at radius 3 is 2.59 bits per heavy atom. The molecule has 1 amide bonds. The largest absolute Gasteiger partial charge is 0.358 e. The summed E-state index contributed by atoms with van der Waals surface area (Å²) in [6, 6.07) is 1.40. The van der Waals surface area contributed by atoms with Gasteiger partial charge in [0, 0.05) is 32.1 Å². The lowest BCUT2D eigenvalue weighted by Gasteiger charge is -2.32. The van der Waals surface area contributed by atoms with Crippen LogP contribution in [0.3, 0.4) is 0 Å².